The largest absolute Gasteiger partial charge is 0.497 e. The number of hydrogen-bond acceptors (Lipinski definition) is 7. The molecule has 2 fully saturated rings. The lowest BCUT2D eigenvalue weighted by atomic mass is 9.82. The van der Waals surface area contributed by atoms with E-state index in [-0.39, 0.29) is 48.9 Å². The van der Waals surface area contributed by atoms with Crippen LogP contribution >= 0.6 is 15.9 Å². The summed E-state index contributed by atoms with van der Waals surface area (Å²) in [7, 11) is -0.829. The first-order valence-corrected chi connectivity index (χ1v) is 21.1. The zero-order chi connectivity index (χ0) is 36.0. The second kappa shape index (κ2) is 14.2. The first kappa shape index (κ1) is 36.2. The van der Waals surface area contributed by atoms with Crippen molar-refractivity contribution in [3.05, 3.63) is 82.3 Å². The molecule has 0 aliphatic carbocycles. The van der Waals surface area contributed by atoms with Crippen LogP contribution in [-0.2, 0) is 31.3 Å². The minimum absolute atomic E-state index is 0.0619. The molecule has 0 radical (unpaired) electrons. The zero-order valence-corrected chi connectivity index (χ0v) is 31.8. The Balaban J connectivity index is 1.41. The third-order valence-electron chi connectivity index (χ3n) is 11.0. The molecule has 0 saturated carbocycles. The van der Waals surface area contributed by atoms with E-state index in [1.165, 1.54) is 12.1 Å². The molecule has 6 atom stereocenters. The number of aliphatic hydroxyl groups is 2. The van der Waals surface area contributed by atoms with Crippen molar-refractivity contribution in [2.75, 3.05) is 30.5 Å². The molecule has 12 heteroatoms. The SMILES string of the molecule is COc1ccc([Si](C)(C)[C@@H]2[C@@H](CC(=O)N3CCC[C@H]3CO)O[C@]3(C(=O)N(Cc4cccc(NC(=O)[C@H](C)O)c4)c4ccc(Br)cc43)[C@H]2C)cc1. The Kier molecular flexibility index (Phi) is 10.3. The average molecular weight is 765 g/mol. The number of anilines is 2. The summed E-state index contributed by atoms with van der Waals surface area (Å²) >= 11 is 3.65. The molecule has 1 spiro atoms. The molecule has 2 saturated heterocycles. The van der Waals surface area contributed by atoms with Crippen LogP contribution in [0.2, 0.25) is 18.6 Å². The first-order chi connectivity index (χ1) is 23.8. The van der Waals surface area contributed by atoms with Crippen LogP contribution in [0.3, 0.4) is 0 Å². The van der Waals surface area contributed by atoms with Crippen molar-refractivity contribution in [2.45, 2.75) is 82.1 Å². The Bertz CT molecular complexity index is 1770. The number of likely N-dealkylation sites (tertiary alicyclic amines) is 1. The number of nitrogens with zero attached hydrogens (tertiary/aromatic N) is 2. The maximum atomic E-state index is 15.1. The quantitative estimate of drug-likeness (QED) is 0.251. The predicted octanol–water partition coefficient (Wildman–Crippen LogP) is 4.91. The van der Waals surface area contributed by atoms with E-state index in [1.54, 1.807) is 35.1 Å². The number of amides is 3. The van der Waals surface area contributed by atoms with Crippen molar-refractivity contribution >= 4 is 58.3 Å². The summed E-state index contributed by atoms with van der Waals surface area (Å²) in [6.07, 6.45) is 0.0143. The van der Waals surface area contributed by atoms with E-state index in [4.69, 9.17) is 9.47 Å². The molecule has 0 unspecified atom stereocenters. The maximum absolute atomic E-state index is 15.1. The van der Waals surface area contributed by atoms with Gasteiger partial charge in [-0.05, 0) is 73.3 Å². The number of fused-ring (bicyclic) bond motifs is 2. The first-order valence-electron chi connectivity index (χ1n) is 17.2. The number of aliphatic hydroxyl groups excluding tert-OH is 2. The van der Waals surface area contributed by atoms with Gasteiger partial charge in [-0.1, -0.05) is 65.4 Å². The summed E-state index contributed by atoms with van der Waals surface area (Å²) in [4.78, 5) is 44.8. The van der Waals surface area contributed by atoms with Crippen molar-refractivity contribution < 1.29 is 34.1 Å². The standard InChI is InChI=1S/C38H46BrN3O7Si/c1-23-35(50(4,5)30-14-12-29(48-3)13-15-30)33(20-34(45)41-17-7-10-28(41)22-43)49-38(23)31-19-26(39)11-16-32(31)42(37(38)47)21-25-8-6-9-27(18-25)40-36(46)24(2)44/h6,8-9,11-16,18-19,23-24,28,33,35,43-44H,7,10,17,20-22H2,1-5H3,(H,40,46)/t23-,24-,28-,33+,35-,38+/m0/s1. The van der Waals surface area contributed by atoms with Crippen molar-refractivity contribution in [3.63, 3.8) is 0 Å². The van der Waals surface area contributed by atoms with Gasteiger partial charge < -0.3 is 34.8 Å². The molecule has 3 aromatic carbocycles. The van der Waals surface area contributed by atoms with Gasteiger partial charge in [0.25, 0.3) is 11.8 Å². The van der Waals surface area contributed by atoms with Gasteiger partial charge in [0.05, 0.1) is 52.6 Å². The Morgan fingerprint density at radius 2 is 1.88 bits per heavy atom. The highest BCUT2D eigenvalue weighted by Crippen LogP contribution is 2.60. The maximum Gasteiger partial charge on any atom is 0.264 e. The monoisotopic (exact) mass is 763 g/mol. The highest BCUT2D eigenvalue weighted by Gasteiger charge is 2.66. The molecule has 0 bridgehead atoms. The van der Waals surface area contributed by atoms with Gasteiger partial charge in [0.1, 0.15) is 11.9 Å². The molecular weight excluding hydrogens is 718 g/mol. The normalized spacial score (nSPS) is 25.2. The van der Waals surface area contributed by atoms with Crippen LogP contribution in [0, 0.1) is 5.92 Å². The van der Waals surface area contributed by atoms with Gasteiger partial charge >= 0.3 is 0 Å². The van der Waals surface area contributed by atoms with E-state index >= 15 is 4.79 Å². The van der Waals surface area contributed by atoms with E-state index in [0.717, 1.165) is 39.9 Å². The van der Waals surface area contributed by atoms with Gasteiger partial charge in [0, 0.05) is 28.2 Å². The van der Waals surface area contributed by atoms with Gasteiger partial charge in [-0.15, -0.1) is 0 Å². The van der Waals surface area contributed by atoms with E-state index < -0.39 is 31.8 Å². The highest BCUT2D eigenvalue weighted by molar-refractivity contribution is 9.10. The molecule has 3 N–H and O–H groups in total. The van der Waals surface area contributed by atoms with E-state index in [2.05, 4.69) is 53.4 Å². The molecule has 0 aromatic heterocycles. The number of halogens is 1. The molecule has 3 aliphatic rings. The number of ether oxygens (including phenoxy) is 2. The van der Waals surface area contributed by atoms with E-state index in [1.807, 2.05) is 36.4 Å². The lowest BCUT2D eigenvalue weighted by Gasteiger charge is -2.37. The lowest BCUT2D eigenvalue weighted by molar-refractivity contribution is -0.150. The number of carbonyl (C=O) groups is 3. The third kappa shape index (κ3) is 6.41. The Labute approximate surface area is 302 Å². The van der Waals surface area contributed by atoms with Crippen molar-refractivity contribution in [1.29, 1.82) is 0 Å². The van der Waals surface area contributed by atoms with Crippen LogP contribution in [0.25, 0.3) is 0 Å². The van der Waals surface area contributed by atoms with Crippen LogP contribution < -0.4 is 20.1 Å². The highest BCUT2D eigenvalue weighted by atomic mass is 79.9. The fourth-order valence-corrected chi connectivity index (χ4v) is 12.8. The summed E-state index contributed by atoms with van der Waals surface area (Å²) in [5.41, 5.74) is 1.34. The summed E-state index contributed by atoms with van der Waals surface area (Å²) in [5, 5.41) is 23.6. The van der Waals surface area contributed by atoms with Crippen LogP contribution in [0.15, 0.2) is 71.2 Å². The van der Waals surface area contributed by atoms with Crippen molar-refractivity contribution in [1.82, 2.24) is 4.90 Å². The van der Waals surface area contributed by atoms with Crippen LogP contribution in [-0.4, -0.2) is 79.4 Å². The van der Waals surface area contributed by atoms with Gasteiger partial charge in [-0.2, -0.15) is 0 Å². The molecule has 3 aliphatic heterocycles. The van der Waals surface area contributed by atoms with Crippen molar-refractivity contribution in [2.24, 2.45) is 5.92 Å². The number of benzene rings is 3. The Hall–Kier alpha value is -3.55. The molecule has 3 amide bonds. The van der Waals surface area contributed by atoms with Gasteiger partial charge in [0.2, 0.25) is 5.91 Å². The van der Waals surface area contributed by atoms with Gasteiger partial charge in [0.15, 0.2) is 5.60 Å². The molecule has 50 heavy (non-hydrogen) atoms. The van der Waals surface area contributed by atoms with Crippen molar-refractivity contribution in [3.8, 4) is 5.75 Å². The predicted molar refractivity (Wildman–Crippen MR) is 198 cm³/mol. The number of methoxy groups -OCH3 is 1. The fourth-order valence-electron chi connectivity index (χ4n) is 8.46. The summed E-state index contributed by atoms with van der Waals surface area (Å²) in [6, 6.07) is 21.0. The van der Waals surface area contributed by atoms with Crippen LogP contribution in [0.1, 0.15) is 44.2 Å². The Morgan fingerprint density at radius 1 is 1.14 bits per heavy atom. The minimum atomic E-state index is -2.47. The molecule has 3 aromatic rings. The van der Waals surface area contributed by atoms with E-state index in [0.29, 0.717) is 12.2 Å². The summed E-state index contributed by atoms with van der Waals surface area (Å²) in [5.74, 6) is -0.301. The fraction of sp³-hybridized carbons (Fsp3) is 0.447. The van der Waals surface area contributed by atoms with Gasteiger partial charge in [-0.3, -0.25) is 14.4 Å². The third-order valence-corrected chi connectivity index (χ3v) is 15.8. The topological polar surface area (TPSA) is 129 Å². The number of hydrogen-bond donors (Lipinski definition) is 3. The average Bonchev–Trinajstić information content (AvgIpc) is 3.75. The van der Waals surface area contributed by atoms with Crippen LogP contribution in [0.4, 0.5) is 11.4 Å². The summed E-state index contributed by atoms with van der Waals surface area (Å²) in [6.45, 7) is 8.82. The Morgan fingerprint density at radius 3 is 2.56 bits per heavy atom. The molecule has 6 rings (SSSR count). The second-order valence-corrected chi connectivity index (χ2v) is 19.9. The molecule has 266 valence electrons. The summed E-state index contributed by atoms with van der Waals surface area (Å²) < 4.78 is 13.4. The number of rotatable bonds is 10. The smallest absolute Gasteiger partial charge is 0.264 e. The number of nitrogens with one attached hydrogen (secondary N) is 1. The van der Waals surface area contributed by atoms with E-state index in [9.17, 15) is 19.8 Å². The van der Waals surface area contributed by atoms with Crippen LogP contribution in [0.5, 0.6) is 5.75 Å². The number of carbonyl (C=O) groups excluding carboxylic acids is 3. The van der Waals surface area contributed by atoms with Gasteiger partial charge in [-0.25, -0.2) is 0 Å². The minimum Gasteiger partial charge on any atom is -0.497 e. The zero-order valence-electron chi connectivity index (χ0n) is 29.2. The second-order valence-electron chi connectivity index (χ2n) is 14.3. The lowest BCUT2D eigenvalue weighted by Crippen LogP contribution is -2.52. The molecule has 10 nitrogen and oxygen atoms in total. The molecule has 3 heterocycles. The molecular formula is C38H46BrN3O7Si.